The quantitative estimate of drug-likeness (QED) is 0.286. The number of aromatic nitrogens is 1. The Morgan fingerprint density at radius 3 is 2.48 bits per heavy atom. The standard InChI is InChI=1S/C25H25FNO5P/c1-5-21(33(30)31-4)20(28)14-22(29)32-25-23(16-10-12-17(26)13-11-16)18-8-6-7-9-19(18)27-24(25)15(2)3/h1,6-13,15,20-21,28,33H,14H2,2-4H3. The first-order valence-corrected chi connectivity index (χ1v) is 11.8. The zero-order chi connectivity index (χ0) is 24.1. The Hall–Kier alpha value is -3.04. The number of aliphatic hydroxyl groups is 1. The summed E-state index contributed by atoms with van der Waals surface area (Å²) in [7, 11) is -1.51. The fraction of sp³-hybridized carbons (Fsp3) is 0.280. The number of terminal acetylenes is 1. The number of pyridine rings is 1. The van der Waals surface area contributed by atoms with Gasteiger partial charge in [0.1, 0.15) is 11.5 Å². The minimum Gasteiger partial charge on any atom is -0.424 e. The molecule has 3 rings (SSSR count). The first-order chi connectivity index (χ1) is 15.8. The van der Waals surface area contributed by atoms with Crippen molar-refractivity contribution in [3.05, 3.63) is 60.0 Å². The van der Waals surface area contributed by atoms with E-state index < -0.39 is 38.0 Å². The van der Waals surface area contributed by atoms with E-state index in [0.717, 1.165) is 5.39 Å². The van der Waals surface area contributed by atoms with Crippen LogP contribution in [-0.2, 0) is 13.9 Å². The lowest BCUT2D eigenvalue weighted by atomic mass is 9.95. The van der Waals surface area contributed by atoms with Crippen molar-refractivity contribution in [1.82, 2.24) is 4.98 Å². The van der Waals surface area contributed by atoms with E-state index in [1.165, 1.54) is 19.2 Å². The fourth-order valence-electron chi connectivity index (χ4n) is 3.52. The molecule has 8 heteroatoms. The summed E-state index contributed by atoms with van der Waals surface area (Å²) in [4.78, 5) is 17.5. The second-order valence-corrected chi connectivity index (χ2v) is 9.46. The molecule has 172 valence electrons. The van der Waals surface area contributed by atoms with E-state index in [4.69, 9.17) is 20.7 Å². The lowest BCUT2D eigenvalue weighted by Crippen LogP contribution is -2.27. The van der Waals surface area contributed by atoms with E-state index in [2.05, 4.69) is 5.92 Å². The van der Waals surface area contributed by atoms with Crippen molar-refractivity contribution < 1.29 is 28.1 Å². The van der Waals surface area contributed by atoms with Gasteiger partial charge in [0.2, 0.25) is 8.03 Å². The maximum absolute atomic E-state index is 13.6. The summed E-state index contributed by atoms with van der Waals surface area (Å²) in [6.07, 6.45) is 3.47. The maximum atomic E-state index is 13.6. The Morgan fingerprint density at radius 1 is 1.21 bits per heavy atom. The third-order valence-electron chi connectivity index (χ3n) is 5.16. The number of hydrogen-bond donors (Lipinski definition) is 1. The largest absolute Gasteiger partial charge is 0.424 e. The zero-order valence-corrected chi connectivity index (χ0v) is 19.5. The highest BCUT2D eigenvalue weighted by molar-refractivity contribution is 7.40. The molecule has 0 aliphatic carbocycles. The van der Waals surface area contributed by atoms with Gasteiger partial charge >= 0.3 is 5.97 Å². The molecule has 0 radical (unpaired) electrons. The number of halogens is 1. The van der Waals surface area contributed by atoms with Crippen LogP contribution in [0.15, 0.2) is 48.5 Å². The minimum atomic E-state index is -2.73. The molecule has 1 heterocycles. The van der Waals surface area contributed by atoms with Crippen molar-refractivity contribution in [3.63, 3.8) is 0 Å². The monoisotopic (exact) mass is 469 g/mol. The molecule has 0 spiro atoms. The number of fused-ring (bicyclic) bond motifs is 1. The molecule has 1 N–H and O–H groups in total. The number of carbonyl (C=O) groups is 1. The van der Waals surface area contributed by atoms with Crippen LogP contribution in [0.4, 0.5) is 4.39 Å². The first-order valence-electron chi connectivity index (χ1n) is 10.4. The van der Waals surface area contributed by atoms with Gasteiger partial charge in [-0.05, 0) is 29.7 Å². The van der Waals surface area contributed by atoms with Crippen LogP contribution >= 0.6 is 8.03 Å². The topological polar surface area (TPSA) is 85.7 Å². The number of aliphatic hydroxyl groups excluding tert-OH is 1. The van der Waals surface area contributed by atoms with Crippen molar-refractivity contribution in [1.29, 1.82) is 0 Å². The predicted octanol–water partition coefficient (Wildman–Crippen LogP) is 4.94. The van der Waals surface area contributed by atoms with Crippen LogP contribution < -0.4 is 4.74 Å². The van der Waals surface area contributed by atoms with Crippen molar-refractivity contribution >= 4 is 24.9 Å². The minimum absolute atomic E-state index is 0.107. The van der Waals surface area contributed by atoms with E-state index in [-0.39, 0.29) is 11.7 Å². The number of nitrogens with zero attached hydrogens (tertiary/aromatic N) is 1. The van der Waals surface area contributed by atoms with E-state index >= 15 is 0 Å². The highest BCUT2D eigenvalue weighted by atomic mass is 31.1. The molecule has 0 saturated heterocycles. The smallest absolute Gasteiger partial charge is 0.313 e. The SMILES string of the molecule is C#CC(C(O)CC(=O)Oc1c(C(C)C)nc2ccccc2c1-c1ccc(F)cc1)[PH](=O)OC. The van der Waals surface area contributed by atoms with E-state index in [1.807, 2.05) is 38.1 Å². The molecule has 6 nitrogen and oxygen atoms in total. The molecule has 0 aliphatic rings. The van der Waals surface area contributed by atoms with Crippen LogP contribution in [0.2, 0.25) is 0 Å². The number of ether oxygens (including phenoxy) is 1. The molecule has 0 aliphatic heterocycles. The van der Waals surface area contributed by atoms with Gasteiger partial charge in [-0.2, -0.15) is 0 Å². The highest BCUT2D eigenvalue weighted by Crippen LogP contribution is 2.41. The van der Waals surface area contributed by atoms with Crippen molar-refractivity contribution in [3.8, 4) is 29.2 Å². The molecule has 1 aromatic heterocycles. The number of para-hydroxylation sites is 1. The Balaban J connectivity index is 2.09. The van der Waals surface area contributed by atoms with Gasteiger partial charge < -0.3 is 14.4 Å². The van der Waals surface area contributed by atoms with E-state index in [0.29, 0.717) is 22.3 Å². The highest BCUT2D eigenvalue weighted by Gasteiger charge is 2.28. The van der Waals surface area contributed by atoms with Crippen LogP contribution in [0.1, 0.15) is 31.9 Å². The Morgan fingerprint density at radius 2 is 1.88 bits per heavy atom. The van der Waals surface area contributed by atoms with Crippen LogP contribution in [0.25, 0.3) is 22.0 Å². The normalized spacial score (nSPS) is 14.0. The zero-order valence-electron chi connectivity index (χ0n) is 18.5. The summed E-state index contributed by atoms with van der Waals surface area (Å²) in [5, 5.41) is 11.1. The first kappa shape index (κ1) is 24.6. The van der Waals surface area contributed by atoms with Crippen molar-refractivity contribution in [2.45, 2.75) is 37.9 Å². The van der Waals surface area contributed by atoms with Crippen molar-refractivity contribution in [2.75, 3.05) is 7.11 Å². The summed E-state index contributed by atoms with van der Waals surface area (Å²) in [5.41, 5.74) is 1.35. The lowest BCUT2D eigenvalue weighted by molar-refractivity contribution is -0.136. The summed E-state index contributed by atoms with van der Waals surface area (Å²) in [6.45, 7) is 3.83. The van der Waals surface area contributed by atoms with Gasteiger partial charge in [0.15, 0.2) is 5.75 Å². The average Bonchev–Trinajstić information content (AvgIpc) is 2.79. The molecular formula is C25H25FNO5P. The molecule has 0 saturated carbocycles. The molecule has 2 aromatic carbocycles. The maximum Gasteiger partial charge on any atom is 0.313 e. The molecule has 33 heavy (non-hydrogen) atoms. The second kappa shape index (κ2) is 10.7. The second-order valence-electron chi connectivity index (χ2n) is 7.79. The molecule has 0 fully saturated rings. The van der Waals surface area contributed by atoms with Gasteiger partial charge in [-0.3, -0.25) is 9.36 Å². The molecule has 3 unspecified atom stereocenters. The summed E-state index contributed by atoms with van der Waals surface area (Å²) in [6, 6.07) is 13.2. The number of hydrogen-bond acceptors (Lipinski definition) is 6. The van der Waals surface area contributed by atoms with E-state index in [9.17, 15) is 18.9 Å². The number of esters is 1. The van der Waals surface area contributed by atoms with Gasteiger partial charge in [0.05, 0.1) is 23.7 Å². The van der Waals surface area contributed by atoms with Crippen LogP contribution in [0.5, 0.6) is 5.75 Å². The number of benzene rings is 2. The Labute approximate surface area is 192 Å². The van der Waals surface area contributed by atoms with Gasteiger partial charge in [-0.25, -0.2) is 9.37 Å². The van der Waals surface area contributed by atoms with Crippen LogP contribution in [0.3, 0.4) is 0 Å². The van der Waals surface area contributed by atoms with Crippen LogP contribution in [0, 0.1) is 18.2 Å². The summed E-state index contributed by atoms with van der Waals surface area (Å²) in [5.74, 6) is 1.18. The average molecular weight is 469 g/mol. The molecule has 3 aromatic rings. The summed E-state index contributed by atoms with van der Waals surface area (Å²) < 4.78 is 36.1. The lowest BCUT2D eigenvalue weighted by Gasteiger charge is -2.20. The van der Waals surface area contributed by atoms with Gasteiger partial charge in [-0.15, -0.1) is 6.42 Å². The van der Waals surface area contributed by atoms with Gasteiger partial charge in [0, 0.05) is 18.1 Å². The molecule has 3 atom stereocenters. The van der Waals surface area contributed by atoms with Gasteiger partial charge in [-0.1, -0.05) is 50.1 Å². The fourth-order valence-corrected chi connectivity index (χ4v) is 4.34. The number of rotatable bonds is 8. The Kier molecular flexibility index (Phi) is 7.99. The Bertz CT molecular complexity index is 1220. The molecular weight excluding hydrogens is 444 g/mol. The van der Waals surface area contributed by atoms with E-state index in [1.54, 1.807) is 12.1 Å². The van der Waals surface area contributed by atoms with Crippen molar-refractivity contribution in [2.24, 2.45) is 0 Å². The third-order valence-corrected chi connectivity index (χ3v) is 6.63. The molecule has 0 amide bonds. The van der Waals surface area contributed by atoms with Crippen LogP contribution in [-0.4, -0.2) is 34.9 Å². The predicted molar refractivity (Wildman–Crippen MR) is 126 cm³/mol. The third kappa shape index (κ3) is 5.48. The summed E-state index contributed by atoms with van der Waals surface area (Å²) >= 11 is 0. The number of carbonyl (C=O) groups excluding carboxylic acids is 1. The molecule has 0 bridgehead atoms. The van der Waals surface area contributed by atoms with Gasteiger partial charge in [0.25, 0.3) is 0 Å².